The number of aromatic nitrogens is 5. The Morgan fingerprint density at radius 2 is 1.79 bits per heavy atom. The van der Waals surface area contributed by atoms with Crippen LogP contribution >= 0.6 is 0 Å². The molecule has 7 rings (SSSR count). The lowest BCUT2D eigenvalue weighted by molar-refractivity contribution is -0.133. The number of piperazine rings is 1. The van der Waals surface area contributed by atoms with Gasteiger partial charge < -0.3 is 14.7 Å². The van der Waals surface area contributed by atoms with Gasteiger partial charge in [0, 0.05) is 68.6 Å². The van der Waals surface area contributed by atoms with Gasteiger partial charge in [0.15, 0.2) is 11.5 Å². The van der Waals surface area contributed by atoms with Crippen LogP contribution in [0.1, 0.15) is 18.5 Å². The van der Waals surface area contributed by atoms with E-state index >= 15 is 0 Å². The van der Waals surface area contributed by atoms with E-state index in [1.54, 1.807) is 11.0 Å². The van der Waals surface area contributed by atoms with Gasteiger partial charge in [-0.3, -0.25) is 24.3 Å². The van der Waals surface area contributed by atoms with Crippen LogP contribution in [0, 0.1) is 16.7 Å². The SMILES string of the molecule is Cn1cnc(-c2ccc(N3CCN(C(=O)CN4CC[C@]5(CCN(c6ccc7[nH]nc(C#N)c7c6)C5=O)C4)CC3)cc2)n1. The number of rotatable bonds is 5. The number of aromatic amines is 1. The number of aryl methyl sites for hydroxylation is 1. The summed E-state index contributed by atoms with van der Waals surface area (Å²) >= 11 is 0. The van der Waals surface area contributed by atoms with Crippen molar-refractivity contribution in [2.45, 2.75) is 12.8 Å². The van der Waals surface area contributed by atoms with Crippen molar-refractivity contribution in [2.24, 2.45) is 12.5 Å². The van der Waals surface area contributed by atoms with E-state index in [4.69, 9.17) is 0 Å². The maximum atomic E-state index is 13.7. The third kappa shape index (κ3) is 4.55. The summed E-state index contributed by atoms with van der Waals surface area (Å²) in [5.41, 5.74) is 3.54. The lowest BCUT2D eigenvalue weighted by Gasteiger charge is -2.37. The molecule has 214 valence electrons. The average molecular weight is 565 g/mol. The van der Waals surface area contributed by atoms with Crippen LogP contribution in [0.3, 0.4) is 0 Å². The number of hydrogen-bond donors (Lipinski definition) is 1. The van der Waals surface area contributed by atoms with Gasteiger partial charge in [0.1, 0.15) is 12.4 Å². The van der Waals surface area contributed by atoms with Crippen LogP contribution in [-0.4, -0.2) is 98.9 Å². The third-order valence-corrected chi connectivity index (χ3v) is 8.99. The number of fused-ring (bicyclic) bond motifs is 1. The van der Waals surface area contributed by atoms with Crippen LogP contribution in [0.15, 0.2) is 48.8 Å². The summed E-state index contributed by atoms with van der Waals surface area (Å²) in [7, 11) is 1.85. The predicted octanol–water partition coefficient (Wildman–Crippen LogP) is 2.01. The van der Waals surface area contributed by atoms with Gasteiger partial charge in [-0.25, -0.2) is 4.98 Å². The molecule has 0 saturated carbocycles. The van der Waals surface area contributed by atoms with Crippen molar-refractivity contribution in [1.82, 2.24) is 34.8 Å². The molecule has 1 N–H and O–H groups in total. The Bertz CT molecular complexity index is 1690. The van der Waals surface area contributed by atoms with Crippen LogP contribution in [0.2, 0.25) is 0 Å². The zero-order valence-electron chi connectivity index (χ0n) is 23.5. The van der Waals surface area contributed by atoms with E-state index in [0.29, 0.717) is 44.2 Å². The monoisotopic (exact) mass is 564 g/mol. The van der Waals surface area contributed by atoms with Crippen LogP contribution < -0.4 is 9.80 Å². The largest absolute Gasteiger partial charge is 0.368 e. The number of nitrogens with zero attached hydrogens (tertiary/aromatic N) is 9. The minimum Gasteiger partial charge on any atom is -0.368 e. The summed E-state index contributed by atoms with van der Waals surface area (Å²) in [6, 6.07) is 16.0. The van der Waals surface area contributed by atoms with Gasteiger partial charge in [0.25, 0.3) is 0 Å². The number of hydrogen-bond acceptors (Lipinski definition) is 8. The van der Waals surface area contributed by atoms with E-state index in [0.717, 1.165) is 60.3 Å². The molecule has 3 fully saturated rings. The molecule has 2 aromatic carbocycles. The summed E-state index contributed by atoms with van der Waals surface area (Å²) in [6.45, 7) is 5.22. The quantitative estimate of drug-likeness (QED) is 0.390. The molecule has 3 aliphatic rings. The maximum absolute atomic E-state index is 13.7. The summed E-state index contributed by atoms with van der Waals surface area (Å²) in [5.74, 6) is 0.942. The molecule has 12 heteroatoms. The van der Waals surface area contributed by atoms with E-state index in [1.165, 1.54) is 0 Å². The standard InChI is InChI=1S/C30H32N10O2/c1-36-20-32-28(35-36)21-2-4-22(5-3-21)38-12-14-39(15-13-38)27(41)18-37-10-8-30(19-37)9-11-40(29(30)42)23-6-7-25-24(16-23)26(17-31)34-33-25/h2-7,16,20H,8-15,18-19H2,1H3,(H,33,34)/t30-/m0/s1. The molecule has 0 bridgehead atoms. The van der Waals surface area contributed by atoms with Gasteiger partial charge in [-0.2, -0.15) is 15.5 Å². The molecule has 3 aliphatic heterocycles. The summed E-state index contributed by atoms with van der Waals surface area (Å²) in [6.07, 6.45) is 3.21. The number of nitriles is 1. The van der Waals surface area contributed by atoms with Crippen molar-refractivity contribution in [3.63, 3.8) is 0 Å². The topological polar surface area (TPSA) is 130 Å². The zero-order valence-corrected chi connectivity index (χ0v) is 23.5. The first-order chi connectivity index (χ1) is 20.4. The van der Waals surface area contributed by atoms with Gasteiger partial charge in [-0.1, -0.05) is 0 Å². The third-order valence-electron chi connectivity index (χ3n) is 8.99. The molecule has 1 atom stereocenters. The van der Waals surface area contributed by atoms with Crippen molar-refractivity contribution in [1.29, 1.82) is 5.26 Å². The Kier molecular flexibility index (Phi) is 6.39. The average Bonchev–Trinajstić information content (AvgIpc) is 3.81. The fraction of sp³-hybridized carbons (Fsp3) is 0.400. The highest BCUT2D eigenvalue weighted by atomic mass is 16.2. The number of carbonyl (C=O) groups is 2. The second-order valence-electron chi connectivity index (χ2n) is 11.5. The smallest absolute Gasteiger partial charge is 0.236 e. The summed E-state index contributed by atoms with van der Waals surface area (Å²) in [4.78, 5) is 39.5. The molecule has 1 spiro atoms. The number of anilines is 2. The Morgan fingerprint density at radius 1 is 1.02 bits per heavy atom. The zero-order chi connectivity index (χ0) is 28.8. The first-order valence-electron chi connectivity index (χ1n) is 14.3. The summed E-state index contributed by atoms with van der Waals surface area (Å²) in [5, 5.41) is 21.3. The minimum absolute atomic E-state index is 0.109. The molecule has 0 unspecified atom stereocenters. The highest BCUT2D eigenvalue weighted by Gasteiger charge is 2.51. The number of benzene rings is 2. The predicted molar refractivity (Wildman–Crippen MR) is 157 cm³/mol. The molecular formula is C30H32N10O2. The first-order valence-corrected chi connectivity index (χ1v) is 14.3. The molecular weight excluding hydrogens is 532 g/mol. The van der Waals surface area contributed by atoms with Gasteiger partial charge in [0.05, 0.1) is 17.5 Å². The van der Waals surface area contributed by atoms with Crippen molar-refractivity contribution >= 4 is 34.1 Å². The van der Waals surface area contributed by atoms with E-state index < -0.39 is 5.41 Å². The second-order valence-corrected chi connectivity index (χ2v) is 11.5. The van der Waals surface area contributed by atoms with Crippen molar-refractivity contribution < 1.29 is 9.59 Å². The van der Waals surface area contributed by atoms with Gasteiger partial charge >= 0.3 is 0 Å². The lowest BCUT2D eigenvalue weighted by atomic mass is 9.85. The van der Waals surface area contributed by atoms with Crippen LogP contribution in [0.25, 0.3) is 22.3 Å². The summed E-state index contributed by atoms with van der Waals surface area (Å²) < 4.78 is 1.69. The van der Waals surface area contributed by atoms with E-state index in [9.17, 15) is 14.9 Å². The Hall–Kier alpha value is -4.76. The first kappa shape index (κ1) is 26.2. The van der Waals surface area contributed by atoms with Crippen molar-refractivity contribution in [2.75, 3.05) is 62.2 Å². The fourth-order valence-electron chi connectivity index (χ4n) is 6.59. The molecule has 42 heavy (non-hydrogen) atoms. The van der Waals surface area contributed by atoms with Crippen molar-refractivity contribution in [3.05, 3.63) is 54.5 Å². The molecule has 3 saturated heterocycles. The Balaban J connectivity index is 0.933. The fourth-order valence-corrected chi connectivity index (χ4v) is 6.59. The van der Waals surface area contributed by atoms with Gasteiger partial charge in [-0.05, 0) is 61.9 Å². The maximum Gasteiger partial charge on any atom is 0.236 e. The van der Waals surface area contributed by atoms with E-state index in [1.807, 2.05) is 47.2 Å². The van der Waals surface area contributed by atoms with E-state index in [-0.39, 0.29) is 11.8 Å². The Labute approximate surface area is 243 Å². The number of likely N-dealkylation sites (tertiary alicyclic amines) is 1. The molecule has 0 aliphatic carbocycles. The molecule has 12 nitrogen and oxygen atoms in total. The molecule has 0 radical (unpaired) electrons. The highest BCUT2D eigenvalue weighted by molar-refractivity contribution is 6.02. The van der Waals surface area contributed by atoms with Crippen LogP contribution in [0.5, 0.6) is 0 Å². The molecule has 4 aromatic rings. The number of nitrogens with one attached hydrogen (secondary N) is 1. The lowest BCUT2D eigenvalue weighted by Crippen LogP contribution is -2.51. The molecule has 2 aromatic heterocycles. The second kappa shape index (κ2) is 10.3. The number of H-pyrrole nitrogens is 1. The Morgan fingerprint density at radius 3 is 2.52 bits per heavy atom. The normalized spacial score (nSPS) is 21.1. The van der Waals surface area contributed by atoms with Gasteiger partial charge in [0.2, 0.25) is 11.8 Å². The molecule has 5 heterocycles. The number of carbonyl (C=O) groups excluding carboxylic acids is 2. The highest BCUT2D eigenvalue weighted by Crippen LogP contribution is 2.42. The minimum atomic E-state index is -0.459. The van der Waals surface area contributed by atoms with Crippen LogP contribution in [0.4, 0.5) is 11.4 Å². The number of amides is 2. The van der Waals surface area contributed by atoms with E-state index in [2.05, 4.69) is 48.3 Å². The van der Waals surface area contributed by atoms with Crippen molar-refractivity contribution in [3.8, 4) is 17.5 Å². The van der Waals surface area contributed by atoms with Gasteiger partial charge in [-0.15, -0.1) is 0 Å². The van der Waals surface area contributed by atoms with Crippen LogP contribution in [-0.2, 0) is 16.6 Å². The molecule has 2 amide bonds.